The van der Waals surface area contributed by atoms with E-state index in [0.29, 0.717) is 0 Å². The third-order valence-electron chi connectivity index (χ3n) is 1.42. The summed E-state index contributed by atoms with van der Waals surface area (Å²) in [7, 11) is 1.28. The maximum atomic E-state index is 12.8. The molecule has 4 nitrogen and oxygen atoms in total. The van der Waals surface area contributed by atoms with Crippen LogP contribution in [0.15, 0.2) is 16.6 Å². The highest BCUT2D eigenvalue weighted by Gasteiger charge is 2.17. The first-order valence-electron chi connectivity index (χ1n) is 3.23. The van der Waals surface area contributed by atoms with Crippen LogP contribution >= 0.6 is 15.9 Å². The van der Waals surface area contributed by atoms with Crippen molar-refractivity contribution in [3.8, 4) is 5.75 Å². The largest absolute Gasteiger partial charge is 0.490 e. The van der Waals surface area contributed by atoms with Crippen molar-refractivity contribution in [2.75, 3.05) is 7.11 Å². The predicted molar refractivity (Wildman–Crippen MR) is 47.3 cm³/mol. The number of benzene rings is 1. The second-order valence-corrected chi connectivity index (χ2v) is 3.05. The van der Waals surface area contributed by atoms with Crippen molar-refractivity contribution in [2.24, 2.45) is 0 Å². The standard InChI is InChI=1S/C7H5BrFNO3/c1-13-7-2-4(8)5(9)3-6(7)10(11)12/h2-3H,1H3. The van der Waals surface area contributed by atoms with Gasteiger partial charge in [0.25, 0.3) is 0 Å². The number of rotatable bonds is 2. The molecule has 13 heavy (non-hydrogen) atoms. The molecule has 0 amide bonds. The number of nitro benzene ring substituents is 1. The van der Waals surface area contributed by atoms with E-state index in [2.05, 4.69) is 15.9 Å². The van der Waals surface area contributed by atoms with Gasteiger partial charge in [0.05, 0.1) is 22.6 Å². The number of halogens is 2. The van der Waals surface area contributed by atoms with E-state index >= 15 is 0 Å². The van der Waals surface area contributed by atoms with E-state index in [9.17, 15) is 14.5 Å². The van der Waals surface area contributed by atoms with E-state index in [0.717, 1.165) is 6.07 Å². The van der Waals surface area contributed by atoms with Gasteiger partial charge in [0.2, 0.25) is 0 Å². The zero-order chi connectivity index (χ0) is 10.0. The van der Waals surface area contributed by atoms with Gasteiger partial charge < -0.3 is 4.74 Å². The lowest BCUT2D eigenvalue weighted by Crippen LogP contribution is -1.95. The van der Waals surface area contributed by atoms with Crippen molar-refractivity contribution in [3.63, 3.8) is 0 Å². The van der Waals surface area contributed by atoms with Crippen LogP contribution in [0, 0.1) is 15.9 Å². The monoisotopic (exact) mass is 249 g/mol. The molecule has 0 radical (unpaired) electrons. The lowest BCUT2D eigenvalue weighted by molar-refractivity contribution is -0.386. The highest BCUT2D eigenvalue weighted by Crippen LogP contribution is 2.31. The Morgan fingerprint density at radius 3 is 2.69 bits per heavy atom. The molecular formula is C7H5BrFNO3. The molecule has 0 unspecified atom stereocenters. The topological polar surface area (TPSA) is 52.4 Å². The van der Waals surface area contributed by atoms with Crippen molar-refractivity contribution in [1.29, 1.82) is 0 Å². The first kappa shape index (κ1) is 9.91. The third kappa shape index (κ3) is 1.95. The van der Waals surface area contributed by atoms with E-state index in [1.807, 2.05) is 0 Å². The van der Waals surface area contributed by atoms with Crippen LogP contribution < -0.4 is 4.74 Å². The molecule has 1 aromatic carbocycles. The number of ether oxygens (including phenoxy) is 1. The zero-order valence-corrected chi connectivity index (χ0v) is 8.17. The molecule has 0 aromatic heterocycles. The Bertz CT molecular complexity index is 356. The fourth-order valence-corrected chi connectivity index (χ4v) is 1.15. The van der Waals surface area contributed by atoms with Gasteiger partial charge in [-0.15, -0.1) is 0 Å². The summed E-state index contributed by atoms with van der Waals surface area (Å²) >= 11 is 2.89. The number of methoxy groups -OCH3 is 1. The van der Waals surface area contributed by atoms with Crippen molar-refractivity contribution in [3.05, 3.63) is 32.5 Å². The minimum absolute atomic E-state index is 0.0262. The second-order valence-electron chi connectivity index (χ2n) is 2.20. The van der Waals surface area contributed by atoms with E-state index in [4.69, 9.17) is 4.74 Å². The Hall–Kier alpha value is -1.17. The van der Waals surface area contributed by atoms with Crippen LogP contribution in [-0.4, -0.2) is 12.0 Å². The Morgan fingerprint density at radius 1 is 1.62 bits per heavy atom. The van der Waals surface area contributed by atoms with Gasteiger partial charge in [-0.1, -0.05) is 0 Å². The number of hydrogen-bond acceptors (Lipinski definition) is 3. The Balaban J connectivity index is 3.33. The molecule has 0 saturated carbocycles. The van der Waals surface area contributed by atoms with E-state index in [1.54, 1.807) is 0 Å². The van der Waals surface area contributed by atoms with Gasteiger partial charge in [-0.2, -0.15) is 0 Å². The van der Waals surface area contributed by atoms with Crippen molar-refractivity contribution >= 4 is 21.6 Å². The fraction of sp³-hybridized carbons (Fsp3) is 0.143. The maximum Gasteiger partial charge on any atom is 0.313 e. The van der Waals surface area contributed by atoms with Gasteiger partial charge >= 0.3 is 5.69 Å². The summed E-state index contributed by atoms with van der Waals surface area (Å²) in [5.41, 5.74) is -0.386. The van der Waals surface area contributed by atoms with Crippen molar-refractivity contribution < 1.29 is 14.1 Å². The summed E-state index contributed by atoms with van der Waals surface area (Å²) in [6, 6.07) is 2.02. The lowest BCUT2D eigenvalue weighted by Gasteiger charge is -2.02. The Kier molecular flexibility index (Phi) is 2.82. The summed E-state index contributed by atoms with van der Waals surface area (Å²) in [6.07, 6.45) is 0. The first-order chi connectivity index (χ1) is 6.06. The van der Waals surface area contributed by atoms with E-state index in [1.165, 1.54) is 13.2 Å². The van der Waals surface area contributed by atoms with Gasteiger partial charge in [0, 0.05) is 6.07 Å². The molecule has 70 valence electrons. The Labute approximate surface area is 81.6 Å². The van der Waals surface area contributed by atoms with Gasteiger partial charge in [0.1, 0.15) is 5.82 Å². The number of nitrogens with zero attached hydrogens (tertiary/aromatic N) is 1. The SMILES string of the molecule is COc1cc(Br)c(F)cc1[N+](=O)[O-]. The lowest BCUT2D eigenvalue weighted by atomic mass is 10.3. The number of hydrogen-bond donors (Lipinski definition) is 0. The Morgan fingerprint density at radius 2 is 2.23 bits per heavy atom. The van der Waals surface area contributed by atoms with Gasteiger partial charge in [-0.3, -0.25) is 10.1 Å². The molecular weight excluding hydrogens is 245 g/mol. The molecule has 6 heteroatoms. The maximum absolute atomic E-state index is 12.8. The smallest absolute Gasteiger partial charge is 0.313 e. The molecule has 0 heterocycles. The molecule has 0 bridgehead atoms. The van der Waals surface area contributed by atoms with Crippen LogP contribution in [0.4, 0.5) is 10.1 Å². The van der Waals surface area contributed by atoms with Gasteiger partial charge in [0.15, 0.2) is 5.75 Å². The average Bonchev–Trinajstić information content (AvgIpc) is 2.08. The van der Waals surface area contributed by atoms with Crippen LogP contribution in [0.2, 0.25) is 0 Å². The highest BCUT2D eigenvalue weighted by atomic mass is 79.9. The van der Waals surface area contributed by atoms with Crippen LogP contribution in [0.5, 0.6) is 5.75 Å². The van der Waals surface area contributed by atoms with Crippen LogP contribution in [0.1, 0.15) is 0 Å². The van der Waals surface area contributed by atoms with Crippen molar-refractivity contribution in [2.45, 2.75) is 0 Å². The van der Waals surface area contributed by atoms with Crippen LogP contribution in [0.3, 0.4) is 0 Å². The molecule has 0 N–H and O–H groups in total. The first-order valence-corrected chi connectivity index (χ1v) is 4.03. The minimum atomic E-state index is -0.700. The molecule has 0 spiro atoms. The molecule has 0 saturated heterocycles. The molecule has 0 atom stereocenters. The van der Waals surface area contributed by atoms with E-state index in [-0.39, 0.29) is 15.9 Å². The fourth-order valence-electron chi connectivity index (χ4n) is 0.824. The van der Waals surface area contributed by atoms with Crippen LogP contribution in [0.25, 0.3) is 0 Å². The highest BCUT2D eigenvalue weighted by molar-refractivity contribution is 9.10. The molecule has 0 aliphatic carbocycles. The molecule has 0 aliphatic rings. The number of nitro groups is 1. The quantitative estimate of drug-likeness (QED) is 0.598. The summed E-state index contributed by atoms with van der Waals surface area (Å²) < 4.78 is 17.7. The summed E-state index contributed by atoms with van der Waals surface area (Å²) in [6.45, 7) is 0. The predicted octanol–water partition coefficient (Wildman–Crippen LogP) is 2.51. The molecule has 0 fully saturated rings. The minimum Gasteiger partial charge on any atom is -0.490 e. The molecule has 0 aliphatic heterocycles. The van der Waals surface area contributed by atoms with Crippen molar-refractivity contribution in [1.82, 2.24) is 0 Å². The summed E-state index contributed by atoms with van der Waals surface area (Å²) in [4.78, 5) is 9.69. The average molecular weight is 250 g/mol. The molecule has 1 aromatic rings. The third-order valence-corrected chi connectivity index (χ3v) is 2.03. The second kappa shape index (κ2) is 3.69. The van der Waals surface area contributed by atoms with Gasteiger partial charge in [-0.05, 0) is 15.9 Å². The van der Waals surface area contributed by atoms with E-state index < -0.39 is 10.7 Å². The zero-order valence-electron chi connectivity index (χ0n) is 6.58. The van der Waals surface area contributed by atoms with Gasteiger partial charge in [-0.25, -0.2) is 4.39 Å². The van der Waals surface area contributed by atoms with Crippen LogP contribution in [-0.2, 0) is 0 Å². The summed E-state index contributed by atoms with van der Waals surface area (Å²) in [5.74, 6) is -0.661. The summed E-state index contributed by atoms with van der Waals surface area (Å²) in [5, 5.41) is 10.4. The normalized spacial score (nSPS) is 9.77. The molecule has 1 rings (SSSR count).